The van der Waals surface area contributed by atoms with Gasteiger partial charge in [0.05, 0.1) is 18.8 Å². The first-order valence-electron chi connectivity index (χ1n) is 15.2. The molecule has 15 heteroatoms. The van der Waals surface area contributed by atoms with Crippen molar-refractivity contribution in [3.63, 3.8) is 0 Å². The van der Waals surface area contributed by atoms with Crippen LogP contribution in [0.4, 0.5) is 0 Å². The number of carbonyl (C=O) groups is 4. The van der Waals surface area contributed by atoms with Gasteiger partial charge >= 0.3 is 0 Å². The highest BCUT2D eigenvalue weighted by atomic mass is 16.3. The molecule has 0 fully saturated rings. The van der Waals surface area contributed by atoms with Gasteiger partial charge in [0.15, 0.2) is 0 Å². The molecule has 3 rings (SSSR count). The molecule has 14 N–H and O–H groups in total. The normalized spacial score (nSPS) is 19.9. The first-order valence-corrected chi connectivity index (χ1v) is 15.2. The Balaban J connectivity index is 2.03. The maximum Gasteiger partial charge on any atom is 0.243 e. The monoisotopic (exact) mass is 643 g/mol. The molecule has 46 heavy (non-hydrogen) atoms. The van der Waals surface area contributed by atoms with Gasteiger partial charge in [0.2, 0.25) is 23.6 Å². The summed E-state index contributed by atoms with van der Waals surface area (Å²) in [6.07, 6.45) is -0.444. The van der Waals surface area contributed by atoms with Crippen molar-refractivity contribution in [1.82, 2.24) is 21.3 Å². The quantitative estimate of drug-likeness (QED) is 0.116. The average molecular weight is 644 g/mol. The van der Waals surface area contributed by atoms with Crippen molar-refractivity contribution in [2.24, 2.45) is 17.2 Å². The number of nitrogens with one attached hydrogen (secondary N) is 4. The molecule has 0 saturated heterocycles. The van der Waals surface area contributed by atoms with Crippen LogP contribution in [0.5, 0.6) is 11.5 Å². The number of hydrogen-bond donors (Lipinski definition) is 11. The van der Waals surface area contributed by atoms with Crippen LogP contribution >= 0.6 is 0 Å². The second-order valence-electron chi connectivity index (χ2n) is 11.3. The number of aliphatic hydroxyl groups excluding tert-OH is 2. The number of phenolic OH excluding ortho intramolecular Hbond substituents is 2. The van der Waals surface area contributed by atoms with Gasteiger partial charge in [0, 0.05) is 19.4 Å². The second kappa shape index (κ2) is 17.4. The van der Waals surface area contributed by atoms with Gasteiger partial charge in [-0.3, -0.25) is 19.2 Å². The summed E-state index contributed by atoms with van der Waals surface area (Å²) in [7, 11) is 0. The molecule has 0 spiro atoms. The zero-order valence-electron chi connectivity index (χ0n) is 25.6. The van der Waals surface area contributed by atoms with E-state index < -0.39 is 60.5 Å². The predicted molar refractivity (Wildman–Crippen MR) is 169 cm³/mol. The van der Waals surface area contributed by atoms with E-state index >= 15 is 0 Å². The summed E-state index contributed by atoms with van der Waals surface area (Å²) in [5.74, 6) is -2.97. The van der Waals surface area contributed by atoms with Gasteiger partial charge in [0.25, 0.3) is 0 Å². The first-order chi connectivity index (χ1) is 22.0. The molecule has 1 unspecified atom stereocenters. The fraction of sp³-hybridized carbons (Fsp3) is 0.484. The van der Waals surface area contributed by atoms with E-state index in [1.54, 1.807) is 24.3 Å². The third-order valence-corrected chi connectivity index (χ3v) is 7.71. The Labute approximate surface area is 266 Å². The lowest BCUT2D eigenvalue weighted by Gasteiger charge is -2.26. The molecule has 2 aromatic rings. The highest BCUT2D eigenvalue weighted by Gasteiger charge is 2.31. The lowest BCUT2D eigenvalue weighted by Crippen LogP contribution is -2.58. The zero-order chi connectivity index (χ0) is 33.8. The van der Waals surface area contributed by atoms with Crippen molar-refractivity contribution in [3.8, 4) is 22.6 Å². The Morgan fingerprint density at radius 1 is 0.913 bits per heavy atom. The third kappa shape index (κ3) is 10.1. The van der Waals surface area contributed by atoms with Crippen molar-refractivity contribution in [3.05, 3.63) is 47.5 Å². The van der Waals surface area contributed by atoms with Crippen LogP contribution in [0.3, 0.4) is 0 Å². The van der Waals surface area contributed by atoms with Crippen molar-refractivity contribution in [2.45, 2.75) is 68.8 Å². The van der Waals surface area contributed by atoms with Crippen LogP contribution in [0.25, 0.3) is 11.1 Å². The SMILES string of the molecule is NCCC[C@H](NC(=O)[C@@H]1Cc2cc(ccc2O)-c2ccc(O)c(c2)C[C@H](N)C(=O)N[C@@H](CCCN)C(=O)N1)C(=O)NCC(O)CO. The maximum atomic E-state index is 13.8. The summed E-state index contributed by atoms with van der Waals surface area (Å²) in [6, 6.07) is 4.85. The summed E-state index contributed by atoms with van der Waals surface area (Å²) < 4.78 is 0. The van der Waals surface area contributed by atoms with Gasteiger partial charge in [-0.15, -0.1) is 0 Å². The number of phenols is 2. The number of hydrogen-bond acceptors (Lipinski definition) is 11. The molecule has 1 heterocycles. The average Bonchev–Trinajstić information content (AvgIpc) is 3.04. The topological polar surface area (TPSA) is 275 Å². The Bertz CT molecular complexity index is 1370. The molecule has 1 aliphatic rings. The minimum absolute atomic E-state index is 0.0334. The number of aliphatic hydroxyl groups is 2. The highest BCUT2D eigenvalue weighted by Crippen LogP contribution is 2.31. The molecule has 5 atom stereocenters. The number of carbonyl (C=O) groups excluding carboxylic acids is 4. The van der Waals surface area contributed by atoms with E-state index in [0.717, 1.165) is 0 Å². The first kappa shape index (κ1) is 36.2. The number of nitrogens with two attached hydrogens (primary N) is 3. The molecule has 1 aliphatic heterocycles. The third-order valence-electron chi connectivity index (χ3n) is 7.71. The number of fused-ring (bicyclic) bond motifs is 5. The lowest BCUT2D eigenvalue weighted by molar-refractivity contribution is -0.134. The summed E-state index contributed by atoms with van der Waals surface area (Å²) >= 11 is 0. The molecule has 0 aliphatic carbocycles. The molecule has 0 radical (unpaired) electrons. The van der Waals surface area contributed by atoms with Crippen LogP contribution in [-0.4, -0.2) is 101 Å². The Hall–Kier alpha value is -4.28. The highest BCUT2D eigenvalue weighted by molar-refractivity contribution is 5.95. The van der Waals surface area contributed by atoms with Crippen LogP contribution < -0.4 is 38.5 Å². The van der Waals surface area contributed by atoms with Gasteiger partial charge in [-0.2, -0.15) is 0 Å². The van der Waals surface area contributed by atoms with Gasteiger partial charge in [-0.05, 0) is 85.3 Å². The molecular weight excluding hydrogens is 598 g/mol. The van der Waals surface area contributed by atoms with E-state index in [2.05, 4.69) is 21.3 Å². The molecule has 4 bridgehead atoms. The smallest absolute Gasteiger partial charge is 0.243 e. The Morgan fingerprint density at radius 2 is 1.52 bits per heavy atom. The van der Waals surface area contributed by atoms with Crippen molar-refractivity contribution >= 4 is 23.6 Å². The standard InChI is InChI=1S/C31H45N7O8/c32-9-1-3-23(29(44)35-15-21(40)16-39)37-31(46)25-14-20-12-18(6-8-27(20)42)17-5-7-26(41)19(11-17)13-22(34)28(43)36-24(4-2-10-33)30(45)38-25/h5-8,11-12,21-25,39-42H,1-4,9-10,13-16,32-34H2,(H,35,44)(H,36,43)(H,37,46)(H,38,45)/t21?,22-,23-,24-,25-/m0/s1. The van der Waals surface area contributed by atoms with E-state index in [1.807, 2.05) is 0 Å². The summed E-state index contributed by atoms with van der Waals surface area (Å²) in [4.78, 5) is 53.4. The van der Waals surface area contributed by atoms with Crippen molar-refractivity contribution in [2.75, 3.05) is 26.2 Å². The van der Waals surface area contributed by atoms with Crippen LogP contribution in [0.2, 0.25) is 0 Å². The fourth-order valence-corrected chi connectivity index (χ4v) is 5.03. The van der Waals surface area contributed by atoms with E-state index in [1.165, 1.54) is 12.1 Å². The molecule has 4 amide bonds. The Kier molecular flexibility index (Phi) is 13.7. The van der Waals surface area contributed by atoms with Crippen molar-refractivity contribution < 1.29 is 39.6 Å². The van der Waals surface area contributed by atoms with E-state index in [0.29, 0.717) is 35.1 Å². The van der Waals surface area contributed by atoms with Gasteiger partial charge in [0.1, 0.15) is 29.6 Å². The van der Waals surface area contributed by atoms with E-state index in [4.69, 9.17) is 22.3 Å². The second-order valence-corrected chi connectivity index (χ2v) is 11.3. The number of benzene rings is 2. The zero-order valence-corrected chi connectivity index (χ0v) is 25.6. The van der Waals surface area contributed by atoms with E-state index in [9.17, 15) is 34.5 Å². The van der Waals surface area contributed by atoms with Gasteiger partial charge < -0.3 is 58.9 Å². The molecule has 0 aromatic heterocycles. The van der Waals surface area contributed by atoms with Crippen molar-refractivity contribution in [1.29, 1.82) is 0 Å². The van der Waals surface area contributed by atoms with Crippen LogP contribution in [0.1, 0.15) is 36.8 Å². The molecular formula is C31H45N7O8. The van der Waals surface area contributed by atoms with E-state index in [-0.39, 0.29) is 56.8 Å². The Morgan fingerprint density at radius 3 is 2.11 bits per heavy atom. The molecule has 252 valence electrons. The number of rotatable bonds is 12. The molecule has 15 nitrogen and oxygen atoms in total. The largest absolute Gasteiger partial charge is 0.508 e. The number of aromatic hydroxyl groups is 2. The minimum atomic E-state index is -1.32. The maximum absolute atomic E-state index is 13.8. The van der Waals surface area contributed by atoms with Crippen LogP contribution in [0.15, 0.2) is 36.4 Å². The predicted octanol–water partition coefficient (Wildman–Crippen LogP) is -2.41. The molecule has 0 saturated carbocycles. The summed E-state index contributed by atoms with van der Waals surface area (Å²) in [5.41, 5.74) is 19.5. The summed E-state index contributed by atoms with van der Waals surface area (Å²) in [6.45, 7) is -0.382. The minimum Gasteiger partial charge on any atom is -0.508 e. The van der Waals surface area contributed by atoms with Gasteiger partial charge in [-0.25, -0.2) is 0 Å². The molecule has 2 aromatic carbocycles. The van der Waals surface area contributed by atoms with Gasteiger partial charge in [-0.1, -0.05) is 12.1 Å². The lowest BCUT2D eigenvalue weighted by atomic mass is 9.95. The van der Waals surface area contributed by atoms with Crippen LogP contribution in [-0.2, 0) is 32.0 Å². The summed E-state index contributed by atoms with van der Waals surface area (Å²) in [5, 5.41) is 50.4. The fourth-order valence-electron chi connectivity index (χ4n) is 5.03. The van der Waals surface area contributed by atoms with Crippen LogP contribution in [0, 0.1) is 0 Å². The number of amides is 4.